The van der Waals surface area contributed by atoms with Gasteiger partial charge >= 0.3 is 0 Å². The number of nitrogens with zero attached hydrogens (tertiary/aromatic N) is 1. The normalized spacial score (nSPS) is 19.9. The highest BCUT2D eigenvalue weighted by Gasteiger charge is 2.27. The summed E-state index contributed by atoms with van der Waals surface area (Å²) in [6.07, 6.45) is 3.28. The van der Waals surface area contributed by atoms with E-state index in [1.54, 1.807) is 6.07 Å². The number of hydrogen-bond donors (Lipinski definition) is 2. The van der Waals surface area contributed by atoms with Gasteiger partial charge in [-0.15, -0.1) is 0 Å². The van der Waals surface area contributed by atoms with E-state index in [4.69, 9.17) is 0 Å². The third-order valence-corrected chi connectivity index (χ3v) is 4.73. The standard InChI is InChI=1S/C19H29FN2O2/c1-3-4-9-21-19(24)15-6-5-10-22(12-15)13-18(23)17-8-7-16(20)11-14(17)2/h7-8,11,15,18,23H,3-6,9-10,12-13H2,1-2H3,(H,21,24). The third kappa shape index (κ3) is 5.28. The number of carbonyl (C=O) groups excluding carboxylic acids is 1. The van der Waals surface area contributed by atoms with Crippen LogP contribution in [0.15, 0.2) is 18.2 Å². The number of benzene rings is 1. The molecule has 1 aliphatic heterocycles. The summed E-state index contributed by atoms with van der Waals surface area (Å²) in [5.41, 5.74) is 1.51. The molecule has 0 saturated carbocycles. The van der Waals surface area contributed by atoms with Crippen molar-refractivity contribution < 1.29 is 14.3 Å². The van der Waals surface area contributed by atoms with Crippen molar-refractivity contribution in [1.29, 1.82) is 0 Å². The van der Waals surface area contributed by atoms with Crippen molar-refractivity contribution in [2.45, 2.75) is 45.6 Å². The molecule has 1 saturated heterocycles. The van der Waals surface area contributed by atoms with Gasteiger partial charge in [0.25, 0.3) is 0 Å². The summed E-state index contributed by atoms with van der Waals surface area (Å²) in [6, 6.07) is 4.47. The molecule has 1 heterocycles. The van der Waals surface area contributed by atoms with Gasteiger partial charge in [-0.3, -0.25) is 9.69 Å². The van der Waals surface area contributed by atoms with Crippen LogP contribution in [0.2, 0.25) is 0 Å². The van der Waals surface area contributed by atoms with Crippen LogP contribution in [0.1, 0.15) is 49.8 Å². The largest absolute Gasteiger partial charge is 0.387 e. The highest BCUT2D eigenvalue weighted by molar-refractivity contribution is 5.78. The third-order valence-electron chi connectivity index (χ3n) is 4.73. The van der Waals surface area contributed by atoms with Gasteiger partial charge in [0.05, 0.1) is 12.0 Å². The maximum Gasteiger partial charge on any atom is 0.224 e. The summed E-state index contributed by atoms with van der Waals surface area (Å²) in [7, 11) is 0. The summed E-state index contributed by atoms with van der Waals surface area (Å²) in [6.45, 7) is 6.69. The molecule has 0 radical (unpaired) electrons. The molecule has 4 nitrogen and oxygen atoms in total. The van der Waals surface area contributed by atoms with Gasteiger partial charge in [-0.2, -0.15) is 0 Å². The van der Waals surface area contributed by atoms with Gasteiger partial charge in [0, 0.05) is 19.6 Å². The number of halogens is 1. The Morgan fingerprint density at radius 2 is 2.29 bits per heavy atom. The molecule has 1 fully saturated rings. The number of aliphatic hydroxyl groups is 1. The summed E-state index contributed by atoms with van der Waals surface area (Å²) < 4.78 is 13.2. The van der Waals surface area contributed by atoms with Crippen molar-refractivity contribution in [3.8, 4) is 0 Å². The van der Waals surface area contributed by atoms with Crippen LogP contribution >= 0.6 is 0 Å². The number of carbonyl (C=O) groups is 1. The van der Waals surface area contributed by atoms with Crippen LogP contribution in [-0.4, -0.2) is 42.1 Å². The van der Waals surface area contributed by atoms with Gasteiger partial charge in [-0.05, 0) is 56.0 Å². The number of amides is 1. The van der Waals surface area contributed by atoms with E-state index in [0.717, 1.165) is 49.9 Å². The molecule has 2 unspecified atom stereocenters. The maximum absolute atomic E-state index is 13.2. The number of unbranched alkanes of at least 4 members (excludes halogenated alkanes) is 1. The van der Waals surface area contributed by atoms with E-state index in [2.05, 4.69) is 17.1 Å². The lowest BCUT2D eigenvalue weighted by Crippen LogP contribution is -2.44. The number of piperidine rings is 1. The molecule has 0 aromatic heterocycles. The van der Waals surface area contributed by atoms with E-state index in [0.29, 0.717) is 13.1 Å². The lowest BCUT2D eigenvalue weighted by Gasteiger charge is -2.33. The predicted octanol–water partition coefficient (Wildman–Crippen LogP) is 2.80. The van der Waals surface area contributed by atoms with Crippen LogP contribution in [-0.2, 0) is 4.79 Å². The number of hydrogen-bond acceptors (Lipinski definition) is 3. The van der Waals surface area contributed by atoms with Crippen molar-refractivity contribution >= 4 is 5.91 Å². The monoisotopic (exact) mass is 336 g/mol. The smallest absolute Gasteiger partial charge is 0.224 e. The Balaban J connectivity index is 1.89. The number of likely N-dealkylation sites (tertiary alicyclic amines) is 1. The molecule has 1 aliphatic rings. The first-order valence-corrected chi connectivity index (χ1v) is 8.95. The van der Waals surface area contributed by atoms with Crippen molar-refractivity contribution in [3.63, 3.8) is 0 Å². The summed E-state index contributed by atoms with van der Waals surface area (Å²) in [4.78, 5) is 14.4. The Hall–Kier alpha value is -1.46. The van der Waals surface area contributed by atoms with Gasteiger partial charge in [-0.1, -0.05) is 19.4 Å². The van der Waals surface area contributed by atoms with E-state index in [9.17, 15) is 14.3 Å². The Bertz CT molecular complexity index is 550. The highest BCUT2D eigenvalue weighted by Crippen LogP contribution is 2.23. The minimum atomic E-state index is -0.660. The number of β-amino-alcohol motifs (C(OH)–C–C–N with tert-alkyl or cyclic N) is 1. The van der Waals surface area contributed by atoms with Gasteiger partial charge in [-0.25, -0.2) is 4.39 Å². The highest BCUT2D eigenvalue weighted by atomic mass is 19.1. The predicted molar refractivity (Wildman–Crippen MR) is 93.2 cm³/mol. The Morgan fingerprint density at radius 1 is 1.50 bits per heavy atom. The molecule has 1 amide bonds. The molecule has 2 rings (SSSR count). The topological polar surface area (TPSA) is 52.6 Å². The Kier molecular flexibility index (Phi) is 7.18. The quantitative estimate of drug-likeness (QED) is 0.753. The fourth-order valence-electron chi connectivity index (χ4n) is 3.32. The van der Waals surface area contributed by atoms with E-state index in [-0.39, 0.29) is 17.6 Å². The molecular formula is C19H29FN2O2. The summed E-state index contributed by atoms with van der Waals surface area (Å²) >= 11 is 0. The molecule has 2 atom stereocenters. The Morgan fingerprint density at radius 3 is 3.00 bits per heavy atom. The average Bonchev–Trinajstić information content (AvgIpc) is 2.55. The second kappa shape index (κ2) is 9.14. The summed E-state index contributed by atoms with van der Waals surface area (Å²) in [5.74, 6) is -0.164. The summed E-state index contributed by atoms with van der Waals surface area (Å²) in [5, 5.41) is 13.5. The number of rotatable bonds is 7. The van der Waals surface area contributed by atoms with Gasteiger partial charge in [0.1, 0.15) is 5.82 Å². The zero-order valence-electron chi connectivity index (χ0n) is 14.7. The first-order chi connectivity index (χ1) is 11.5. The minimum absolute atomic E-state index is 0.00267. The molecule has 0 aliphatic carbocycles. The molecule has 0 spiro atoms. The zero-order valence-corrected chi connectivity index (χ0v) is 14.7. The van der Waals surface area contributed by atoms with Crippen LogP contribution in [0.5, 0.6) is 0 Å². The lowest BCUT2D eigenvalue weighted by atomic mass is 9.95. The van der Waals surface area contributed by atoms with Crippen LogP contribution in [0, 0.1) is 18.7 Å². The van der Waals surface area contributed by atoms with Crippen molar-refractivity contribution in [2.24, 2.45) is 5.92 Å². The first-order valence-electron chi connectivity index (χ1n) is 8.95. The second-order valence-electron chi connectivity index (χ2n) is 6.76. The molecule has 1 aromatic rings. The fourth-order valence-corrected chi connectivity index (χ4v) is 3.32. The SMILES string of the molecule is CCCCNC(=O)C1CCCN(CC(O)c2ccc(F)cc2C)C1. The molecular weight excluding hydrogens is 307 g/mol. The van der Waals surface area contributed by atoms with E-state index >= 15 is 0 Å². The molecule has 5 heteroatoms. The zero-order chi connectivity index (χ0) is 17.5. The number of aryl methyl sites for hydroxylation is 1. The number of aliphatic hydroxyl groups excluding tert-OH is 1. The average molecular weight is 336 g/mol. The molecule has 24 heavy (non-hydrogen) atoms. The van der Waals surface area contributed by atoms with Gasteiger partial charge in [0.15, 0.2) is 0 Å². The van der Waals surface area contributed by atoms with E-state index < -0.39 is 6.10 Å². The fraction of sp³-hybridized carbons (Fsp3) is 0.632. The second-order valence-corrected chi connectivity index (χ2v) is 6.76. The van der Waals surface area contributed by atoms with Crippen LogP contribution < -0.4 is 5.32 Å². The minimum Gasteiger partial charge on any atom is -0.387 e. The van der Waals surface area contributed by atoms with Crippen LogP contribution in [0.25, 0.3) is 0 Å². The van der Waals surface area contributed by atoms with E-state index in [1.165, 1.54) is 12.1 Å². The first kappa shape index (κ1) is 18.9. The van der Waals surface area contributed by atoms with E-state index in [1.807, 2.05) is 6.92 Å². The van der Waals surface area contributed by atoms with Gasteiger partial charge in [0.2, 0.25) is 5.91 Å². The van der Waals surface area contributed by atoms with Gasteiger partial charge < -0.3 is 10.4 Å². The van der Waals surface area contributed by atoms with Crippen molar-refractivity contribution in [2.75, 3.05) is 26.2 Å². The Labute approximate surface area is 144 Å². The lowest BCUT2D eigenvalue weighted by molar-refractivity contribution is -0.126. The van der Waals surface area contributed by atoms with Crippen LogP contribution in [0.4, 0.5) is 4.39 Å². The molecule has 2 N–H and O–H groups in total. The van der Waals surface area contributed by atoms with Crippen LogP contribution in [0.3, 0.4) is 0 Å². The molecule has 134 valence electrons. The maximum atomic E-state index is 13.2. The van der Waals surface area contributed by atoms with Crippen molar-refractivity contribution in [3.05, 3.63) is 35.1 Å². The molecule has 0 bridgehead atoms. The molecule has 1 aromatic carbocycles. The van der Waals surface area contributed by atoms with Crippen molar-refractivity contribution in [1.82, 2.24) is 10.2 Å². The number of nitrogens with one attached hydrogen (secondary N) is 1.